The van der Waals surface area contributed by atoms with Gasteiger partial charge in [-0.2, -0.15) is 10.1 Å². The summed E-state index contributed by atoms with van der Waals surface area (Å²) in [5.74, 6) is 0.530. The van der Waals surface area contributed by atoms with Gasteiger partial charge in [0.1, 0.15) is 11.0 Å². The molecule has 0 saturated carbocycles. The fourth-order valence-electron chi connectivity index (χ4n) is 4.49. The minimum Gasteiger partial charge on any atom is -0.376 e. The predicted octanol–water partition coefficient (Wildman–Crippen LogP) is 4.37. The van der Waals surface area contributed by atoms with E-state index in [-0.39, 0.29) is 16.7 Å². The van der Waals surface area contributed by atoms with E-state index in [1.165, 1.54) is 28.8 Å². The number of thiocarbonyl (C=S) groups is 1. The molecule has 0 aromatic heterocycles. The second-order valence-corrected chi connectivity index (χ2v) is 11.7. The van der Waals surface area contributed by atoms with Gasteiger partial charge in [0.05, 0.1) is 0 Å². The van der Waals surface area contributed by atoms with E-state index < -0.39 is 22.8 Å². The number of hydrazine groups is 1. The molecule has 0 spiro atoms. The third-order valence-electron chi connectivity index (χ3n) is 6.05. The molecule has 202 valence electrons. The van der Waals surface area contributed by atoms with Crippen molar-refractivity contribution in [3.05, 3.63) is 42.5 Å². The molecule has 0 radical (unpaired) electrons. The molecule has 1 fully saturated rings. The van der Waals surface area contributed by atoms with Gasteiger partial charge in [0.25, 0.3) is 5.91 Å². The van der Waals surface area contributed by atoms with E-state index in [1.54, 1.807) is 0 Å². The van der Waals surface area contributed by atoms with Crippen molar-refractivity contribution < 1.29 is 19.5 Å². The Labute approximate surface area is 229 Å². The van der Waals surface area contributed by atoms with Gasteiger partial charge in [-0.1, -0.05) is 62.5 Å². The fourth-order valence-corrected chi connectivity index (χ4v) is 6.00. The van der Waals surface area contributed by atoms with Gasteiger partial charge in [-0.3, -0.25) is 14.9 Å². The number of carbonyl (C=O) groups excluding carboxylic acids is 2. The van der Waals surface area contributed by atoms with Crippen molar-refractivity contribution in [3.63, 3.8) is 0 Å². The largest absolute Gasteiger partial charge is 0.376 e. The molecule has 3 atom stereocenters. The van der Waals surface area contributed by atoms with Crippen LogP contribution in [0.1, 0.15) is 60.8 Å². The molecule has 8 nitrogen and oxygen atoms in total. The highest BCUT2D eigenvalue weighted by Crippen LogP contribution is 2.36. The number of nitrogens with one attached hydrogen (secondary N) is 2. The van der Waals surface area contributed by atoms with Crippen molar-refractivity contribution in [1.29, 1.82) is 0 Å². The number of aliphatic hydroxyl groups excluding tert-OH is 1. The first-order chi connectivity index (χ1) is 17.4. The Hall–Kier alpha value is -2.24. The van der Waals surface area contributed by atoms with Gasteiger partial charge >= 0.3 is 0 Å². The average molecular weight is 547 g/mol. The van der Waals surface area contributed by atoms with Crippen LogP contribution in [0.4, 0.5) is 0 Å². The van der Waals surface area contributed by atoms with Crippen LogP contribution < -0.4 is 15.6 Å². The Bertz CT molecular complexity index is 1130. The van der Waals surface area contributed by atoms with Crippen LogP contribution in [0, 0.1) is 0 Å². The van der Waals surface area contributed by atoms with Crippen molar-refractivity contribution in [2.75, 3.05) is 5.75 Å². The molecule has 10 heteroatoms. The lowest BCUT2D eigenvalue weighted by Gasteiger charge is -2.43. The predicted molar refractivity (Wildman–Crippen MR) is 153 cm³/mol. The zero-order valence-electron chi connectivity index (χ0n) is 22.4. The van der Waals surface area contributed by atoms with Gasteiger partial charge < -0.3 is 15.4 Å². The first-order valence-electron chi connectivity index (χ1n) is 12.6. The van der Waals surface area contributed by atoms with Crippen LogP contribution in [-0.4, -0.2) is 60.4 Å². The number of fused-ring (bicyclic) bond motifs is 1. The highest BCUT2D eigenvalue weighted by Gasteiger charge is 2.54. The Kier molecular flexibility index (Phi) is 9.57. The molecule has 0 aliphatic carbocycles. The second-order valence-electron chi connectivity index (χ2n) is 10.2. The number of ketones is 1. The fraction of sp³-hybridized carbons (Fsp3) is 0.519. The molecule has 1 aliphatic heterocycles. The van der Waals surface area contributed by atoms with Gasteiger partial charge in [-0.05, 0) is 45.1 Å². The Morgan fingerprint density at radius 3 is 2.54 bits per heavy atom. The summed E-state index contributed by atoms with van der Waals surface area (Å²) in [4.78, 5) is 32.6. The van der Waals surface area contributed by atoms with Crippen LogP contribution in [0.3, 0.4) is 0 Å². The standard InChI is InChI=1S/C27H38N4O4S2/c1-7-12-23(33)27(29-26(4,5)6)17-37-25(34)31(27)28-24(36)21(8-2)30(18(3)32)35-22-16-11-14-19-13-9-10-15-20(19)22/h9-11,13-16,21,25,29,34H,7-8,12,17H2,1-6H3,(H,28,36)/t21?,25-,27?/m0/s1. The SMILES string of the molecule is CCCC(=O)C1(NC(C)(C)C)CS[C@H](O)N1NC(=S)C(CC)N(Oc1cccc2ccccc12)C(C)=O. The summed E-state index contributed by atoms with van der Waals surface area (Å²) in [6.07, 6.45) is 1.48. The van der Waals surface area contributed by atoms with Crippen molar-refractivity contribution >= 4 is 51.4 Å². The third kappa shape index (κ3) is 6.61. The average Bonchev–Trinajstić information content (AvgIpc) is 3.13. The Balaban J connectivity index is 1.92. The molecular formula is C27H38N4O4S2. The summed E-state index contributed by atoms with van der Waals surface area (Å²) in [5.41, 5.74) is 0.527. The minimum absolute atomic E-state index is 0.0345. The third-order valence-corrected chi connectivity index (χ3v) is 7.51. The number of hydroxylamine groups is 2. The van der Waals surface area contributed by atoms with Gasteiger partial charge in [-0.25, -0.2) is 0 Å². The number of aliphatic hydroxyl groups is 1. The molecule has 1 aliphatic rings. The van der Waals surface area contributed by atoms with E-state index in [9.17, 15) is 14.7 Å². The molecule has 3 N–H and O–H groups in total. The molecule has 2 aromatic rings. The van der Waals surface area contributed by atoms with Crippen LogP contribution in [0.15, 0.2) is 42.5 Å². The first kappa shape index (κ1) is 29.3. The van der Waals surface area contributed by atoms with E-state index in [0.29, 0.717) is 30.8 Å². The van der Waals surface area contributed by atoms with Gasteiger partial charge in [0.15, 0.2) is 22.8 Å². The van der Waals surface area contributed by atoms with Crippen molar-refractivity contribution in [1.82, 2.24) is 20.8 Å². The van der Waals surface area contributed by atoms with Crippen LogP contribution in [0.2, 0.25) is 0 Å². The molecule has 37 heavy (non-hydrogen) atoms. The molecular weight excluding hydrogens is 508 g/mol. The number of nitrogens with zero attached hydrogens (tertiary/aromatic N) is 2. The lowest BCUT2D eigenvalue weighted by atomic mass is 9.97. The van der Waals surface area contributed by atoms with Gasteiger partial charge in [0, 0.05) is 30.0 Å². The number of Topliss-reactive ketones (excluding diaryl/α,β-unsaturated/α-hetero) is 1. The molecule has 2 aromatic carbocycles. The van der Waals surface area contributed by atoms with E-state index in [0.717, 1.165) is 10.8 Å². The van der Waals surface area contributed by atoms with E-state index in [2.05, 4.69) is 10.7 Å². The summed E-state index contributed by atoms with van der Waals surface area (Å²) in [5, 5.41) is 19.0. The number of carbonyl (C=O) groups is 2. The van der Waals surface area contributed by atoms with Gasteiger partial charge in [-0.15, -0.1) is 11.8 Å². The van der Waals surface area contributed by atoms with Crippen molar-refractivity contribution in [2.24, 2.45) is 0 Å². The van der Waals surface area contributed by atoms with Crippen LogP contribution in [-0.2, 0) is 9.59 Å². The van der Waals surface area contributed by atoms with E-state index in [1.807, 2.05) is 77.1 Å². The number of benzene rings is 2. The molecule has 1 saturated heterocycles. The lowest BCUT2D eigenvalue weighted by Crippen LogP contribution is -2.72. The highest BCUT2D eigenvalue weighted by atomic mass is 32.2. The van der Waals surface area contributed by atoms with E-state index >= 15 is 0 Å². The normalized spacial score (nSPS) is 21.0. The van der Waals surface area contributed by atoms with E-state index in [4.69, 9.17) is 17.1 Å². The number of rotatable bonds is 10. The zero-order chi connectivity index (χ0) is 27.4. The van der Waals surface area contributed by atoms with Crippen molar-refractivity contribution in [3.8, 4) is 5.75 Å². The van der Waals surface area contributed by atoms with Gasteiger partial charge in [0.2, 0.25) is 0 Å². The Morgan fingerprint density at radius 2 is 1.92 bits per heavy atom. The lowest BCUT2D eigenvalue weighted by molar-refractivity contribution is -0.159. The second kappa shape index (κ2) is 12.1. The summed E-state index contributed by atoms with van der Waals surface area (Å²) >= 11 is 7.03. The monoisotopic (exact) mass is 546 g/mol. The number of hydrogen-bond donors (Lipinski definition) is 3. The summed E-state index contributed by atoms with van der Waals surface area (Å²) in [7, 11) is 0. The zero-order valence-corrected chi connectivity index (χ0v) is 24.0. The summed E-state index contributed by atoms with van der Waals surface area (Å²) < 4.78 is 0. The summed E-state index contributed by atoms with van der Waals surface area (Å²) in [6, 6.07) is 12.8. The van der Waals surface area contributed by atoms with Crippen molar-refractivity contribution in [2.45, 2.75) is 83.6 Å². The number of amides is 1. The highest BCUT2D eigenvalue weighted by molar-refractivity contribution is 8.00. The topological polar surface area (TPSA) is 94.1 Å². The molecule has 2 unspecified atom stereocenters. The maximum atomic E-state index is 13.4. The Morgan fingerprint density at radius 1 is 1.24 bits per heavy atom. The molecule has 1 amide bonds. The van der Waals surface area contributed by atoms with Crippen LogP contribution in [0.25, 0.3) is 10.8 Å². The van der Waals surface area contributed by atoms with Crippen LogP contribution in [0.5, 0.6) is 5.75 Å². The minimum atomic E-state index is -1.17. The number of hydrogen-bond acceptors (Lipinski definition) is 8. The molecule has 3 rings (SSSR count). The maximum absolute atomic E-state index is 13.4. The smallest absolute Gasteiger partial charge is 0.252 e. The summed E-state index contributed by atoms with van der Waals surface area (Å²) in [6.45, 7) is 11.2. The first-order valence-corrected chi connectivity index (χ1v) is 14.1. The molecule has 0 bridgehead atoms. The number of thioether (sulfide) groups is 1. The quantitative estimate of drug-likeness (QED) is 0.297. The van der Waals surface area contributed by atoms with Crippen LogP contribution >= 0.6 is 24.0 Å². The molecule has 1 heterocycles. The maximum Gasteiger partial charge on any atom is 0.252 e.